The molecule has 0 saturated heterocycles. The minimum atomic E-state index is -1.87. The largest absolute Gasteiger partial charge is 0.481 e. The average Bonchev–Trinajstić information content (AvgIpc) is 2.68. The highest BCUT2D eigenvalue weighted by molar-refractivity contribution is 5.96. The lowest BCUT2D eigenvalue weighted by atomic mass is 10.0. The van der Waals surface area contributed by atoms with Crippen LogP contribution in [0.15, 0.2) is 0 Å². The Morgan fingerprint density at radius 1 is 0.735 bits per heavy atom. The van der Waals surface area contributed by atoms with E-state index in [0.717, 1.165) is 0 Å². The van der Waals surface area contributed by atoms with Gasteiger partial charge in [0, 0.05) is 6.42 Å². The van der Waals surface area contributed by atoms with Crippen LogP contribution < -0.4 is 27.4 Å². The first-order valence-electron chi connectivity index (χ1n) is 10.2. The Labute approximate surface area is 194 Å². The summed E-state index contributed by atoms with van der Waals surface area (Å²) in [6.45, 7) is 3.45. The fourth-order valence-corrected chi connectivity index (χ4v) is 2.71. The fraction of sp³-hybridized carbons (Fsp3) is 0.632. The summed E-state index contributed by atoms with van der Waals surface area (Å²) in [7, 11) is 0. The number of primary amides is 1. The molecule has 0 heterocycles. The van der Waals surface area contributed by atoms with Gasteiger partial charge in [0.15, 0.2) is 0 Å². The average molecular weight is 489 g/mol. The summed E-state index contributed by atoms with van der Waals surface area (Å²) in [6, 6.07) is -6.05. The standard InChI is InChI=1S/C19H31N5O10/c1-8(2)5-10(22-16(30)9(20)3-4-13(21)25)17(31)23-11(6-14(26)27)18(32)24-12(19(33)34)7-15(28)29/h8-12H,3-7,20H2,1-2H3,(H2,21,25)(H,22,30)(H,23,31)(H,24,32)(H,26,27)(H,28,29)(H,33,34). The number of carbonyl (C=O) groups is 7. The van der Waals surface area contributed by atoms with E-state index in [1.807, 2.05) is 5.32 Å². The van der Waals surface area contributed by atoms with E-state index in [4.69, 9.17) is 26.8 Å². The lowest BCUT2D eigenvalue weighted by Crippen LogP contribution is -2.57. The van der Waals surface area contributed by atoms with Gasteiger partial charge in [0.25, 0.3) is 0 Å². The van der Waals surface area contributed by atoms with Gasteiger partial charge in [-0.05, 0) is 18.8 Å². The van der Waals surface area contributed by atoms with Crippen LogP contribution in [0.3, 0.4) is 0 Å². The van der Waals surface area contributed by atoms with Crippen LogP contribution in [0.25, 0.3) is 0 Å². The van der Waals surface area contributed by atoms with Crippen molar-refractivity contribution in [2.75, 3.05) is 0 Å². The van der Waals surface area contributed by atoms with Gasteiger partial charge in [-0.25, -0.2) is 4.79 Å². The molecule has 0 fully saturated rings. The summed E-state index contributed by atoms with van der Waals surface area (Å²) in [5, 5.41) is 33.3. The Hall–Kier alpha value is -3.75. The molecule has 0 saturated carbocycles. The second-order valence-electron chi connectivity index (χ2n) is 7.96. The Morgan fingerprint density at radius 3 is 1.62 bits per heavy atom. The summed E-state index contributed by atoms with van der Waals surface area (Å²) < 4.78 is 0. The monoisotopic (exact) mass is 489 g/mol. The number of hydrogen-bond acceptors (Lipinski definition) is 8. The zero-order valence-electron chi connectivity index (χ0n) is 18.8. The molecule has 0 aliphatic rings. The van der Waals surface area contributed by atoms with E-state index in [1.165, 1.54) is 0 Å². The molecule has 0 aliphatic carbocycles. The molecule has 0 aromatic rings. The zero-order valence-corrected chi connectivity index (χ0v) is 18.8. The highest BCUT2D eigenvalue weighted by Crippen LogP contribution is 2.08. The molecule has 15 nitrogen and oxygen atoms in total. The number of carboxylic acids is 3. The van der Waals surface area contributed by atoms with Crippen molar-refractivity contribution >= 4 is 41.5 Å². The Morgan fingerprint density at radius 2 is 1.18 bits per heavy atom. The number of nitrogens with two attached hydrogens (primary N) is 2. The minimum Gasteiger partial charge on any atom is -0.481 e. The summed E-state index contributed by atoms with van der Waals surface area (Å²) >= 11 is 0. The third-order valence-corrected chi connectivity index (χ3v) is 4.38. The normalized spacial score (nSPS) is 14.2. The predicted molar refractivity (Wildman–Crippen MR) is 114 cm³/mol. The van der Waals surface area contributed by atoms with E-state index >= 15 is 0 Å². The molecule has 0 bridgehead atoms. The number of aliphatic carboxylic acids is 3. The second kappa shape index (κ2) is 14.4. The van der Waals surface area contributed by atoms with Crippen LogP contribution in [-0.4, -0.2) is 81.0 Å². The topological polar surface area (TPSA) is 268 Å². The van der Waals surface area contributed by atoms with Crippen molar-refractivity contribution in [2.24, 2.45) is 17.4 Å². The molecule has 0 aliphatic heterocycles. The van der Waals surface area contributed by atoms with Crippen LogP contribution in [0, 0.1) is 5.92 Å². The molecule has 0 spiro atoms. The zero-order chi connectivity index (χ0) is 26.6. The van der Waals surface area contributed by atoms with E-state index < -0.39 is 78.5 Å². The van der Waals surface area contributed by atoms with Crippen LogP contribution in [0.5, 0.6) is 0 Å². The van der Waals surface area contributed by atoms with Crippen molar-refractivity contribution in [3.05, 3.63) is 0 Å². The van der Waals surface area contributed by atoms with Gasteiger partial charge in [-0.3, -0.25) is 28.8 Å². The van der Waals surface area contributed by atoms with Crippen LogP contribution >= 0.6 is 0 Å². The van der Waals surface area contributed by atoms with Gasteiger partial charge in [0.1, 0.15) is 18.1 Å². The quantitative estimate of drug-likeness (QED) is 0.109. The molecule has 10 N–H and O–H groups in total. The SMILES string of the molecule is CC(C)CC(NC(=O)C(N)CCC(N)=O)C(=O)NC(CC(=O)O)C(=O)NC(CC(=O)O)C(=O)O. The molecule has 4 amide bonds. The van der Waals surface area contributed by atoms with Crippen molar-refractivity contribution in [3.8, 4) is 0 Å². The fourth-order valence-electron chi connectivity index (χ4n) is 2.71. The maximum Gasteiger partial charge on any atom is 0.326 e. The second-order valence-corrected chi connectivity index (χ2v) is 7.96. The lowest BCUT2D eigenvalue weighted by molar-refractivity contribution is -0.148. The summed E-state index contributed by atoms with van der Waals surface area (Å²) in [5.41, 5.74) is 10.7. The Bertz CT molecular complexity index is 800. The predicted octanol–water partition coefficient (Wildman–Crippen LogP) is -2.89. The van der Waals surface area contributed by atoms with Crippen molar-refractivity contribution in [2.45, 2.75) is 70.1 Å². The first kappa shape index (κ1) is 30.2. The molecule has 4 atom stereocenters. The van der Waals surface area contributed by atoms with Crippen molar-refractivity contribution in [1.29, 1.82) is 0 Å². The number of nitrogens with one attached hydrogen (secondary N) is 3. The third-order valence-electron chi connectivity index (χ3n) is 4.38. The van der Waals surface area contributed by atoms with Gasteiger partial charge in [0.05, 0.1) is 18.9 Å². The Kier molecular flexibility index (Phi) is 12.8. The summed E-state index contributed by atoms with van der Waals surface area (Å²) in [4.78, 5) is 81.5. The molecule has 0 radical (unpaired) electrons. The lowest BCUT2D eigenvalue weighted by Gasteiger charge is -2.25. The van der Waals surface area contributed by atoms with Crippen LogP contribution in [0.1, 0.15) is 46.0 Å². The Balaban J connectivity index is 5.52. The molecule has 192 valence electrons. The minimum absolute atomic E-state index is 0.0677. The van der Waals surface area contributed by atoms with E-state index in [-0.39, 0.29) is 25.2 Å². The van der Waals surface area contributed by atoms with Crippen LogP contribution in [0.2, 0.25) is 0 Å². The van der Waals surface area contributed by atoms with E-state index in [9.17, 15) is 33.6 Å². The van der Waals surface area contributed by atoms with Gasteiger partial charge < -0.3 is 42.7 Å². The van der Waals surface area contributed by atoms with E-state index in [1.54, 1.807) is 13.8 Å². The van der Waals surface area contributed by atoms with Crippen molar-refractivity contribution in [3.63, 3.8) is 0 Å². The number of amides is 4. The smallest absolute Gasteiger partial charge is 0.326 e. The highest BCUT2D eigenvalue weighted by atomic mass is 16.4. The maximum atomic E-state index is 12.8. The number of carboxylic acid groups (broad SMARTS) is 3. The van der Waals surface area contributed by atoms with Crippen LogP contribution in [0.4, 0.5) is 0 Å². The molecule has 0 rings (SSSR count). The van der Waals surface area contributed by atoms with Crippen LogP contribution in [-0.2, 0) is 33.6 Å². The summed E-state index contributed by atoms with van der Waals surface area (Å²) in [6.07, 6.45) is -2.11. The van der Waals surface area contributed by atoms with E-state index in [0.29, 0.717) is 0 Å². The first-order valence-corrected chi connectivity index (χ1v) is 10.2. The van der Waals surface area contributed by atoms with Gasteiger partial charge in [-0.15, -0.1) is 0 Å². The number of rotatable bonds is 16. The molecule has 0 aromatic heterocycles. The first-order chi connectivity index (χ1) is 15.6. The third kappa shape index (κ3) is 12.3. The molecular formula is C19H31N5O10. The number of hydrogen-bond donors (Lipinski definition) is 8. The van der Waals surface area contributed by atoms with Crippen molar-refractivity contribution < 1.29 is 48.9 Å². The molecule has 15 heteroatoms. The molecular weight excluding hydrogens is 458 g/mol. The van der Waals surface area contributed by atoms with Gasteiger partial charge in [0.2, 0.25) is 23.6 Å². The van der Waals surface area contributed by atoms with Crippen molar-refractivity contribution in [1.82, 2.24) is 16.0 Å². The molecule has 34 heavy (non-hydrogen) atoms. The maximum absolute atomic E-state index is 12.8. The van der Waals surface area contributed by atoms with Gasteiger partial charge >= 0.3 is 17.9 Å². The highest BCUT2D eigenvalue weighted by Gasteiger charge is 2.32. The van der Waals surface area contributed by atoms with E-state index in [2.05, 4.69) is 10.6 Å². The summed E-state index contributed by atoms with van der Waals surface area (Å²) in [5.74, 6) is -8.50. The molecule has 0 aromatic carbocycles. The number of carbonyl (C=O) groups excluding carboxylic acids is 4. The van der Waals surface area contributed by atoms with Gasteiger partial charge in [-0.2, -0.15) is 0 Å². The van der Waals surface area contributed by atoms with Gasteiger partial charge in [-0.1, -0.05) is 13.8 Å². The molecule has 4 unspecified atom stereocenters.